The lowest BCUT2D eigenvalue weighted by atomic mass is 10.0. The van der Waals surface area contributed by atoms with Gasteiger partial charge in [-0.3, -0.25) is 4.79 Å². The molecule has 0 fully saturated rings. The Hall–Kier alpha value is -2.52. The third-order valence-corrected chi connectivity index (χ3v) is 4.52. The highest BCUT2D eigenvalue weighted by Gasteiger charge is 2.09. The minimum Gasteiger partial charge on any atom is -0.508 e. The molecule has 23 heavy (non-hydrogen) atoms. The van der Waals surface area contributed by atoms with Gasteiger partial charge in [0.05, 0.1) is 0 Å². The summed E-state index contributed by atoms with van der Waals surface area (Å²) in [4.78, 5) is 14.6. The Morgan fingerprint density at radius 2 is 1.17 bits per heavy atom. The maximum absolute atomic E-state index is 12.4. The first-order valence-electron chi connectivity index (χ1n) is 7.30. The minimum absolute atomic E-state index is 0.0446. The molecular formula is C20H16O2S. The van der Waals surface area contributed by atoms with Crippen molar-refractivity contribution < 1.29 is 9.90 Å². The lowest BCUT2D eigenvalue weighted by molar-refractivity contribution is 0.103. The zero-order valence-corrected chi connectivity index (χ0v) is 13.5. The van der Waals surface area contributed by atoms with Gasteiger partial charge in [0.25, 0.3) is 0 Å². The standard InChI is InChI=1S/C20H16O2S/c1-14-2-10-18(11-3-14)23-19-12-6-16(7-13-19)20(22)15-4-8-17(21)9-5-15/h2-13,21H,1H3. The van der Waals surface area contributed by atoms with E-state index >= 15 is 0 Å². The van der Waals surface area contributed by atoms with Crippen LogP contribution in [-0.4, -0.2) is 10.9 Å². The quantitative estimate of drug-likeness (QED) is 0.681. The van der Waals surface area contributed by atoms with E-state index in [1.165, 1.54) is 22.6 Å². The molecule has 0 aliphatic rings. The number of rotatable bonds is 4. The monoisotopic (exact) mass is 320 g/mol. The molecule has 0 aliphatic heterocycles. The fourth-order valence-electron chi connectivity index (χ4n) is 2.20. The molecule has 0 saturated carbocycles. The van der Waals surface area contributed by atoms with Crippen LogP contribution in [0, 0.1) is 6.92 Å². The summed E-state index contributed by atoms with van der Waals surface area (Å²) in [5, 5.41) is 9.29. The van der Waals surface area contributed by atoms with Gasteiger partial charge in [-0.25, -0.2) is 0 Å². The van der Waals surface area contributed by atoms with Gasteiger partial charge in [-0.15, -0.1) is 0 Å². The van der Waals surface area contributed by atoms with Gasteiger partial charge in [0.15, 0.2) is 5.78 Å². The van der Waals surface area contributed by atoms with Crippen molar-refractivity contribution in [2.75, 3.05) is 0 Å². The van der Waals surface area contributed by atoms with Crippen molar-refractivity contribution in [2.45, 2.75) is 16.7 Å². The Bertz CT molecular complexity index is 804. The van der Waals surface area contributed by atoms with Crippen LogP contribution in [0.1, 0.15) is 21.5 Å². The zero-order valence-electron chi connectivity index (χ0n) is 12.7. The fourth-order valence-corrected chi connectivity index (χ4v) is 3.01. The van der Waals surface area contributed by atoms with Crippen LogP contribution in [0.3, 0.4) is 0 Å². The van der Waals surface area contributed by atoms with E-state index in [4.69, 9.17) is 0 Å². The third-order valence-electron chi connectivity index (χ3n) is 3.50. The number of phenolic OH excluding ortho intramolecular Hbond substituents is 1. The summed E-state index contributed by atoms with van der Waals surface area (Å²) >= 11 is 1.67. The van der Waals surface area contributed by atoms with E-state index in [2.05, 4.69) is 31.2 Å². The molecule has 0 heterocycles. The highest BCUT2D eigenvalue weighted by molar-refractivity contribution is 7.99. The van der Waals surface area contributed by atoms with Gasteiger partial charge >= 0.3 is 0 Å². The van der Waals surface area contributed by atoms with Crippen molar-refractivity contribution >= 4 is 17.5 Å². The topological polar surface area (TPSA) is 37.3 Å². The van der Waals surface area contributed by atoms with Crippen LogP contribution in [0.25, 0.3) is 0 Å². The van der Waals surface area contributed by atoms with Gasteiger partial charge in [-0.2, -0.15) is 0 Å². The summed E-state index contributed by atoms with van der Waals surface area (Å²) in [6.07, 6.45) is 0. The van der Waals surface area contributed by atoms with Crippen molar-refractivity contribution in [1.29, 1.82) is 0 Å². The lowest BCUT2D eigenvalue weighted by Gasteiger charge is -2.05. The SMILES string of the molecule is Cc1ccc(Sc2ccc(C(=O)c3ccc(O)cc3)cc2)cc1. The third kappa shape index (κ3) is 3.82. The van der Waals surface area contributed by atoms with Crippen LogP contribution >= 0.6 is 11.8 Å². The molecule has 2 nitrogen and oxygen atoms in total. The van der Waals surface area contributed by atoms with Crippen molar-refractivity contribution in [3.8, 4) is 5.75 Å². The Morgan fingerprint density at radius 3 is 1.70 bits per heavy atom. The van der Waals surface area contributed by atoms with E-state index in [9.17, 15) is 9.90 Å². The summed E-state index contributed by atoms with van der Waals surface area (Å²) in [6, 6.07) is 22.3. The van der Waals surface area contributed by atoms with Gasteiger partial charge in [0, 0.05) is 20.9 Å². The number of benzene rings is 3. The maximum Gasteiger partial charge on any atom is 0.193 e. The highest BCUT2D eigenvalue weighted by Crippen LogP contribution is 2.28. The Morgan fingerprint density at radius 1 is 0.739 bits per heavy atom. The molecular weight excluding hydrogens is 304 g/mol. The summed E-state index contributed by atoms with van der Waals surface area (Å²) in [5.74, 6) is 0.114. The van der Waals surface area contributed by atoms with Crippen LogP contribution < -0.4 is 0 Å². The fraction of sp³-hybridized carbons (Fsp3) is 0.0500. The average molecular weight is 320 g/mol. The first-order valence-corrected chi connectivity index (χ1v) is 8.12. The Labute approximate surface area is 139 Å². The predicted molar refractivity (Wildman–Crippen MR) is 93.3 cm³/mol. The van der Waals surface area contributed by atoms with E-state index in [0.717, 1.165) is 4.90 Å². The molecule has 0 amide bonds. The molecule has 0 unspecified atom stereocenters. The average Bonchev–Trinajstić information content (AvgIpc) is 2.58. The predicted octanol–water partition coefficient (Wildman–Crippen LogP) is 5.08. The number of carbonyl (C=O) groups excluding carboxylic acids is 1. The van der Waals surface area contributed by atoms with E-state index in [-0.39, 0.29) is 11.5 Å². The van der Waals surface area contributed by atoms with Crippen molar-refractivity contribution in [3.63, 3.8) is 0 Å². The van der Waals surface area contributed by atoms with E-state index in [1.54, 1.807) is 23.9 Å². The molecule has 0 bridgehead atoms. The second-order valence-corrected chi connectivity index (χ2v) is 6.46. The second kappa shape index (κ2) is 6.71. The highest BCUT2D eigenvalue weighted by atomic mass is 32.2. The molecule has 1 N–H and O–H groups in total. The molecule has 3 aromatic rings. The Balaban J connectivity index is 1.75. The number of hydrogen-bond donors (Lipinski definition) is 1. The van der Waals surface area contributed by atoms with Crippen LogP contribution in [-0.2, 0) is 0 Å². The normalized spacial score (nSPS) is 10.5. The number of hydrogen-bond acceptors (Lipinski definition) is 3. The van der Waals surface area contributed by atoms with Crippen molar-refractivity contribution in [3.05, 3.63) is 89.5 Å². The molecule has 114 valence electrons. The van der Waals surface area contributed by atoms with Crippen LogP contribution in [0.15, 0.2) is 82.6 Å². The van der Waals surface area contributed by atoms with E-state index < -0.39 is 0 Å². The summed E-state index contributed by atoms with van der Waals surface area (Å²) in [7, 11) is 0. The first-order chi connectivity index (χ1) is 11.1. The largest absolute Gasteiger partial charge is 0.508 e. The Kier molecular flexibility index (Phi) is 4.49. The van der Waals surface area contributed by atoms with Gasteiger partial charge in [0.1, 0.15) is 5.75 Å². The molecule has 3 heteroatoms. The van der Waals surface area contributed by atoms with Crippen LogP contribution in [0.2, 0.25) is 0 Å². The zero-order chi connectivity index (χ0) is 16.2. The minimum atomic E-state index is -0.0446. The van der Waals surface area contributed by atoms with E-state index in [1.807, 2.05) is 24.3 Å². The smallest absolute Gasteiger partial charge is 0.193 e. The van der Waals surface area contributed by atoms with Crippen molar-refractivity contribution in [2.24, 2.45) is 0 Å². The molecule has 0 aromatic heterocycles. The number of aryl methyl sites for hydroxylation is 1. The molecule has 0 saturated heterocycles. The molecule has 0 spiro atoms. The van der Waals surface area contributed by atoms with Crippen LogP contribution in [0.5, 0.6) is 5.75 Å². The molecule has 3 aromatic carbocycles. The lowest BCUT2D eigenvalue weighted by Crippen LogP contribution is -2.00. The number of phenols is 1. The number of ketones is 1. The summed E-state index contributed by atoms with van der Waals surface area (Å²) in [6.45, 7) is 2.07. The molecule has 0 radical (unpaired) electrons. The van der Waals surface area contributed by atoms with Gasteiger partial charge in [0.2, 0.25) is 0 Å². The number of aromatic hydroxyl groups is 1. The second-order valence-electron chi connectivity index (χ2n) is 5.32. The summed E-state index contributed by atoms with van der Waals surface area (Å²) in [5.41, 5.74) is 2.45. The first kappa shape index (κ1) is 15.4. The number of carbonyl (C=O) groups is 1. The molecule has 0 aliphatic carbocycles. The maximum atomic E-state index is 12.4. The van der Waals surface area contributed by atoms with Crippen LogP contribution in [0.4, 0.5) is 0 Å². The summed E-state index contributed by atoms with van der Waals surface area (Å²) < 4.78 is 0. The van der Waals surface area contributed by atoms with Gasteiger partial charge in [-0.1, -0.05) is 29.5 Å². The molecule has 0 atom stereocenters. The van der Waals surface area contributed by atoms with Crippen molar-refractivity contribution in [1.82, 2.24) is 0 Å². The van der Waals surface area contributed by atoms with E-state index in [0.29, 0.717) is 11.1 Å². The molecule has 3 rings (SSSR count). The van der Waals surface area contributed by atoms with Gasteiger partial charge < -0.3 is 5.11 Å². The van der Waals surface area contributed by atoms with Gasteiger partial charge in [-0.05, 0) is 67.6 Å².